The van der Waals surface area contributed by atoms with Crippen molar-refractivity contribution in [2.24, 2.45) is 0 Å². The van der Waals surface area contributed by atoms with Crippen molar-refractivity contribution in [3.63, 3.8) is 0 Å². The van der Waals surface area contributed by atoms with E-state index in [1.807, 2.05) is 24.3 Å². The molecule has 2 heterocycles. The van der Waals surface area contributed by atoms with Gasteiger partial charge in [-0.3, -0.25) is 4.79 Å². The van der Waals surface area contributed by atoms with Gasteiger partial charge in [-0.2, -0.15) is 5.10 Å². The molecule has 1 aliphatic rings. The van der Waals surface area contributed by atoms with E-state index >= 15 is 0 Å². The highest BCUT2D eigenvalue weighted by molar-refractivity contribution is 6.32. The maximum atomic E-state index is 12.7. The first-order valence-electron chi connectivity index (χ1n) is 10.8. The van der Waals surface area contributed by atoms with E-state index in [2.05, 4.69) is 17.3 Å². The number of hydrogen-bond acceptors (Lipinski definition) is 4. The lowest BCUT2D eigenvalue weighted by atomic mass is 9.95. The Balaban J connectivity index is 1.26. The molecule has 4 aromatic rings. The van der Waals surface area contributed by atoms with Crippen LogP contribution < -0.4 is 14.8 Å². The summed E-state index contributed by atoms with van der Waals surface area (Å²) < 4.78 is 13.4. The fourth-order valence-corrected chi connectivity index (χ4v) is 4.19. The van der Waals surface area contributed by atoms with Crippen LogP contribution in [0.15, 0.2) is 73.1 Å². The van der Waals surface area contributed by atoms with Crippen molar-refractivity contribution < 1.29 is 14.3 Å². The summed E-state index contributed by atoms with van der Waals surface area (Å²) in [6, 6.07) is 17.9. The number of anilines is 1. The Hall–Kier alpha value is -3.48. The van der Waals surface area contributed by atoms with Crippen molar-refractivity contribution in [2.45, 2.75) is 19.3 Å². The predicted octanol–water partition coefficient (Wildman–Crippen LogP) is 7.11. The van der Waals surface area contributed by atoms with Crippen LogP contribution in [0.4, 0.5) is 5.69 Å². The van der Waals surface area contributed by atoms with Crippen molar-refractivity contribution >= 4 is 34.8 Å². The number of rotatable bonds is 5. The number of amides is 1. The van der Waals surface area contributed by atoms with Crippen molar-refractivity contribution in [1.29, 1.82) is 0 Å². The monoisotopic (exact) mass is 493 g/mol. The number of hydrogen-bond donors (Lipinski definition) is 1. The van der Waals surface area contributed by atoms with Crippen molar-refractivity contribution in [3.8, 4) is 22.9 Å². The molecule has 1 unspecified atom stereocenters. The van der Waals surface area contributed by atoms with Gasteiger partial charge >= 0.3 is 0 Å². The van der Waals surface area contributed by atoms with Gasteiger partial charge in [0.25, 0.3) is 5.91 Å². The molecule has 0 saturated carbocycles. The Bertz CT molecular complexity index is 1350. The van der Waals surface area contributed by atoms with Gasteiger partial charge in [-0.15, -0.1) is 0 Å². The van der Waals surface area contributed by atoms with E-state index < -0.39 is 0 Å². The molecule has 1 atom stereocenters. The predicted molar refractivity (Wildman–Crippen MR) is 133 cm³/mol. The molecule has 8 heteroatoms. The number of fused-ring (bicyclic) bond motifs is 1. The molecule has 0 saturated heterocycles. The van der Waals surface area contributed by atoms with Crippen LogP contribution in [-0.4, -0.2) is 22.3 Å². The van der Waals surface area contributed by atoms with Gasteiger partial charge in [-0.05, 0) is 66.4 Å². The standard InChI is InChI=1S/C26H21Cl2N3O3/c1-16-9-10-33-24-13-25(23(28)12-22(16)24)34-21-7-5-17(6-8-21)26(32)30-19-14-29-31(15-19)20-4-2-3-18(27)11-20/h2-8,11-16H,9-10H2,1H3,(H,30,32). The highest BCUT2D eigenvalue weighted by Gasteiger charge is 2.20. The third kappa shape index (κ3) is 4.74. The average Bonchev–Trinajstić information content (AvgIpc) is 3.29. The van der Waals surface area contributed by atoms with Gasteiger partial charge in [0.2, 0.25) is 0 Å². The molecular formula is C26H21Cl2N3O3. The maximum absolute atomic E-state index is 12.7. The summed E-state index contributed by atoms with van der Waals surface area (Å²) in [5.74, 6) is 2.01. The van der Waals surface area contributed by atoms with Crippen LogP contribution in [0.3, 0.4) is 0 Å². The molecule has 0 radical (unpaired) electrons. The van der Waals surface area contributed by atoms with E-state index in [1.54, 1.807) is 53.5 Å². The first-order chi connectivity index (χ1) is 16.5. The van der Waals surface area contributed by atoms with Crippen molar-refractivity contribution in [1.82, 2.24) is 9.78 Å². The number of nitrogens with one attached hydrogen (secondary N) is 1. The second-order valence-corrected chi connectivity index (χ2v) is 8.94. The Morgan fingerprint density at radius 2 is 1.97 bits per heavy atom. The Morgan fingerprint density at radius 3 is 2.76 bits per heavy atom. The Labute approximate surface area is 207 Å². The molecule has 34 heavy (non-hydrogen) atoms. The minimum absolute atomic E-state index is 0.258. The third-order valence-electron chi connectivity index (χ3n) is 5.66. The van der Waals surface area contributed by atoms with Crippen LogP contribution in [0.2, 0.25) is 10.0 Å². The molecular weight excluding hydrogens is 473 g/mol. The number of carbonyl (C=O) groups excluding carboxylic acids is 1. The molecule has 1 aliphatic heterocycles. The van der Waals surface area contributed by atoms with Crippen LogP contribution in [0.5, 0.6) is 17.2 Å². The smallest absolute Gasteiger partial charge is 0.255 e. The Kier molecular flexibility index (Phi) is 6.18. The van der Waals surface area contributed by atoms with Crippen LogP contribution in [0.25, 0.3) is 5.69 Å². The highest BCUT2D eigenvalue weighted by Crippen LogP contribution is 2.41. The summed E-state index contributed by atoms with van der Waals surface area (Å²) in [5.41, 5.74) is 2.95. The molecule has 1 amide bonds. The third-order valence-corrected chi connectivity index (χ3v) is 6.19. The second kappa shape index (κ2) is 9.41. The zero-order valence-electron chi connectivity index (χ0n) is 18.3. The lowest BCUT2D eigenvalue weighted by Gasteiger charge is -2.24. The summed E-state index contributed by atoms with van der Waals surface area (Å²) in [6.07, 6.45) is 4.27. The minimum Gasteiger partial charge on any atom is -0.493 e. The van der Waals surface area contributed by atoms with Crippen LogP contribution in [0.1, 0.15) is 35.2 Å². The number of ether oxygens (including phenoxy) is 2. The van der Waals surface area contributed by atoms with Gasteiger partial charge in [0.05, 0.1) is 35.4 Å². The summed E-state index contributed by atoms with van der Waals surface area (Å²) in [7, 11) is 0. The van der Waals surface area contributed by atoms with Gasteiger partial charge in [0.15, 0.2) is 0 Å². The highest BCUT2D eigenvalue weighted by atomic mass is 35.5. The quantitative estimate of drug-likeness (QED) is 0.321. The maximum Gasteiger partial charge on any atom is 0.255 e. The minimum atomic E-state index is -0.258. The molecule has 0 spiro atoms. The summed E-state index contributed by atoms with van der Waals surface area (Å²) in [4.78, 5) is 12.7. The number of benzene rings is 3. The van der Waals surface area contributed by atoms with Crippen molar-refractivity contribution in [2.75, 3.05) is 11.9 Å². The second-order valence-electron chi connectivity index (χ2n) is 8.09. The molecule has 6 nitrogen and oxygen atoms in total. The van der Waals surface area contributed by atoms with Crippen molar-refractivity contribution in [3.05, 3.63) is 94.2 Å². The van der Waals surface area contributed by atoms with Crippen LogP contribution in [-0.2, 0) is 0 Å². The van der Waals surface area contributed by atoms with E-state index in [1.165, 1.54) is 0 Å². The first-order valence-corrected chi connectivity index (χ1v) is 11.6. The van der Waals surface area contributed by atoms with Crippen LogP contribution >= 0.6 is 23.2 Å². The fraction of sp³-hybridized carbons (Fsp3) is 0.154. The molecule has 172 valence electrons. The molecule has 1 N–H and O–H groups in total. The lowest BCUT2D eigenvalue weighted by molar-refractivity contribution is 0.102. The van der Waals surface area contributed by atoms with E-state index in [4.69, 9.17) is 32.7 Å². The zero-order valence-corrected chi connectivity index (χ0v) is 19.8. The number of aromatic nitrogens is 2. The average molecular weight is 494 g/mol. The van der Waals surface area contributed by atoms with Gasteiger partial charge in [0, 0.05) is 16.7 Å². The van der Waals surface area contributed by atoms with E-state index in [9.17, 15) is 4.79 Å². The van der Waals surface area contributed by atoms with Gasteiger partial charge in [0.1, 0.15) is 17.2 Å². The lowest BCUT2D eigenvalue weighted by Crippen LogP contribution is -2.12. The van der Waals surface area contributed by atoms with Crippen LogP contribution in [0, 0.1) is 0 Å². The van der Waals surface area contributed by atoms with Gasteiger partial charge < -0.3 is 14.8 Å². The number of halogens is 2. The number of carbonyl (C=O) groups is 1. The summed E-state index contributed by atoms with van der Waals surface area (Å²) in [6.45, 7) is 2.83. The van der Waals surface area contributed by atoms with E-state index in [0.717, 1.165) is 23.4 Å². The largest absolute Gasteiger partial charge is 0.493 e. The number of nitrogens with zero attached hydrogens (tertiary/aromatic N) is 2. The molecule has 0 aliphatic carbocycles. The topological polar surface area (TPSA) is 65.4 Å². The molecule has 3 aromatic carbocycles. The van der Waals surface area contributed by atoms with E-state index in [-0.39, 0.29) is 5.91 Å². The Morgan fingerprint density at radius 1 is 1.15 bits per heavy atom. The molecule has 0 bridgehead atoms. The zero-order chi connectivity index (χ0) is 23.7. The van der Waals surface area contributed by atoms with Gasteiger partial charge in [-0.1, -0.05) is 36.2 Å². The molecule has 1 aromatic heterocycles. The summed E-state index contributed by atoms with van der Waals surface area (Å²) in [5, 5.41) is 8.26. The first kappa shape index (κ1) is 22.3. The SMILES string of the molecule is CC1CCOc2cc(Oc3ccc(C(=O)Nc4cnn(-c5cccc(Cl)c5)c4)cc3)c(Cl)cc21. The normalized spacial score (nSPS) is 14.7. The molecule has 5 rings (SSSR count). The van der Waals surface area contributed by atoms with Gasteiger partial charge in [-0.25, -0.2) is 4.68 Å². The van der Waals surface area contributed by atoms with E-state index in [0.29, 0.717) is 45.3 Å². The summed E-state index contributed by atoms with van der Waals surface area (Å²) >= 11 is 12.5. The molecule has 0 fully saturated rings. The fourth-order valence-electron chi connectivity index (χ4n) is 3.79.